The molecule has 3 nitrogen and oxygen atoms in total. The molecule has 0 amide bonds. The van der Waals surface area contributed by atoms with Gasteiger partial charge in [-0.15, -0.1) is 0 Å². The molecule has 18 heavy (non-hydrogen) atoms. The van der Waals surface area contributed by atoms with Crippen molar-refractivity contribution in [2.75, 3.05) is 18.0 Å². The monoisotopic (exact) mass is 259 g/mol. The highest BCUT2D eigenvalue weighted by atomic mass is 32.2. The number of nitrogens with zero attached hydrogens (tertiary/aromatic N) is 1. The molecule has 2 aromatic carbocycles. The van der Waals surface area contributed by atoms with Crippen molar-refractivity contribution in [3.05, 3.63) is 54.6 Å². The first-order valence-electron chi connectivity index (χ1n) is 5.83. The van der Waals surface area contributed by atoms with E-state index in [0.29, 0.717) is 9.79 Å². The van der Waals surface area contributed by atoms with Crippen LogP contribution in [0.5, 0.6) is 0 Å². The second-order valence-electron chi connectivity index (χ2n) is 4.30. The molecule has 0 saturated carbocycles. The van der Waals surface area contributed by atoms with E-state index in [9.17, 15) is 8.42 Å². The smallest absolute Gasteiger partial charge is 0.206 e. The summed E-state index contributed by atoms with van der Waals surface area (Å²) in [6.45, 7) is 2.12. The molecule has 0 aliphatic carbocycles. The Hall–Kier alpha value is -1.81. The largest absolute Gasteiger partial charge is 0.368 e. The molecule has 3 rings (SSSR count). The van der Waals surface area contributed by atoms with Gasteiger partial charge >= 0.3 is 0 Å². The minimum Gasteiger partial charge on any atom is -0.368 e. The van der Waals surface area contributed by atoms with E-state index < -0.39 is 9.84 Å². The fourth-order valence-corrected chi connectivity index (χ4v) is 3.16. The Balaban J connectivity index is 1.98. The van der Waals surface area contributed by atoms with E-state index in [2.05, 4.69) is 4.90 Å². The predicted molar refractivity (Wildman–Crippen MR) is 70.5 cm³/mol. The van der Waals surface area contributed by atoms with Crippen molar-refractivity contribution in [2.45, 2.75) is 9.79 Å². The number of hydrogen-bond donors (Lipinski definition) is 0. The van der Waals surface area contributed by atoms with Crippen LogP contribution in [0.25, 0.3) is 0 Å². The molecule has 1 saturated heterocycles. The Morgan fingerprint density at radius 3 is 1.89 bits per heavy atom. The molecule has 1 aliphatic heterocycles. The molecule has 1 heterocycles. The van der Waals surface area contributed by atoms with Gasteiger partial charge in [0, 0.05) is 18.8 Å². The summed E-state index contributed by atoms with van der Waals surface area (Å²) in [5, 5.41) is 0. The minimum atomic E-state index is -3.38. The van der Waals surface area contributed by atoms with Crippen molar-refractivity contribution in [1.29, 1.82) is 0 Å². The Labute approximate surface area is 107 Å². The number of benzene rings is 2. The van der Waals surface area contributed by atoms with Gasteiger partial charge in [0.05, 0.1) is 9.79 Å². The van der Waals surface area contributed by atoms with Gasteiger partial charge < -0.3 is 4.90 Å². The van der Waals surface area contributed by atoms with Crippen molar-refractivity contribution in [3.63, 3.8) is 0 Å². The minimum absolute atomic E-state index is 0.337. The van der Waals surface area contributed by atoms with Gasteiger partial charge in [0.2, 0.25) is 9.84 Å². The molecule has 4 heteroatoms. The lowest BCUT2D eigenvalue weighted by Gasteiger charge is -2.06. The molecule has 2 aromatic rings. The molecule has 1 aliphatic rings. The first kappa shape index (κ1) is 11.3. The molecule has 0 aromatic heterocycles. The summed E-state index contributed by atoms with van der Waals surface area (Å²) in [4.78, 5) is 2.86. The number of sulfone groups is 1. The molecule has 0 bridgehead atoms. The van der Waals surface area contributed by atoms with Crippen LogP contribution in [0.2, 0.25) is 0 Å². The van der Waals surface area contributed by atoms with Gasteiger partial charge in [-0.05, 0) is 36.4 Å². The first-order chi connectivity index (χ1) is 8.68. The van der Waals surface area contributed by atoms with E-state index in [1.807, 2.05) is 18.2 Å². The molecule has 0 radical (unpaired) electrons. The normalized spacial score (nSPS) is 14.6. The Kier molecular flexibility index (Phi) is 2.59. The highest BCUT2D eigenvalue weighted by Crippen LogP contribution is 2.25. The molecular formula is C14H13NO2S. The SMILES string of the molecule is O=S(=O)(c1ccccc1)c1ccc(N2CC2)cc1. The van der Waals surface area contributed by atoms with Crippen molar-refractivity contribution in [3.8, 4) is 0 Å². The van der Waals surface area contributed by atoms with Crippen LogP contribution >= 0.6 is 0 Å². The maximum atomic E-state index is 12.3. The van der Waals surface area contributed by atoms with Gasteiger partial charge in [0.15, 0.2) is 0 Å². The highest BCUT2D eigenvalue weighted by Gasteiger charge is 2.20. The maximum Gasteiger partial charge on any atom is 0.206 e. The van der Waals surface area contributed by atoms with Gasteiger partial charge in [-0.25, -0.2) is 8.42 Å². The summed E-state index contributed by atoms with van der Waals surface area (Å²) in [7, 11) is -3.38. The number of anilines is 1. The topological polar surface area (TPSA) is 37.1 Å². The zero-order chi connectivity index (χ0) is 12.6. The average molecular weight is 259 g/mol. The molecule has 1 fully saturated rings. The molecule has 92 valence electrons. The first-order valence-corrected chi connectivity index (χ1v) is 7.31. The van der Waals surface area contributed by atoms with Crippen LogP contribution in [0.4, 0.5) is 5.69 Å². The fourth-order valence-electron chi connectivity index (χ4n) is 1.88. The third-order valence-electron chi connectivity index (χ3n) is 3.01. The lowest BCUT2D eigenvalue weighted by atomic mass is 10.3. The van der Waals surface area contributed by atoms with E-state index in [1.165, 1.54) is 0 Å². The van der Waals surface area contributed by atoms with Crippen LogP contribution in [-0.2, 0) is 9.84 Å². The lowest BCUT2D eigenvalue weighted by Crippen LogP contribution is -2.02. The van der Waals surface area contributed by atoms with E-state index in [-0.39, 0.29) is 0 Å². The van der Waals surface area contributed by atoms with Gasteiger partial charge in [0.1, 0.15) is 0 Å². The van der Waals surface area contributed by atoms with E-state index in [1.54, 1.807) is 36.4 Å². The van der Waals surface area contributed by atoms with Crippen molar-refractivity contribution >= 4 is 15.5 Å². The van der Waals surface area contributed by atoms with Crippen LogP contribution in [0.3, 0.4) is 0 Å². The second kappa shape index (κ2) is 4.14. The van der Waals surface area contributed by atoms with Crippen LogP contribution in [0, 0.1) is 0 Å². The summed E-state index contributed by atoms with van der Waals surface area (Å²) in [6.07, 6.45) is 0. The average Bonchev–Trinajstić information content (AvgIpc) is 3.24. The maximum absolute atomic E-state index is 12.3. The summed E-state index contributed by atoms with van der Waals surface area (Å²) >= 11 is 0. The predicted octanol–water partition coefficient (Wildman–Crippen LogP) is 2.34. The van der Waals surface area contributed by atoms with Gasteiger partial charge in [-0.3, -0.25) is 0 Å². The zero-order valence-corrected chi connectivity index (χ0v) is 10.6. The zero-order valence-electron chi connectivity index (χ0n) is 9.78. The fraction of sp³-hybridized carbons (Fsp3) is 0.143. The Morgan fingerprint density at radius 1 is 0.778 bits per heavy atom. The Bertz CT molecular complexity index is 644. The summed E-state index contributed by atoms with van der Waals surface area (Å²) in [5.41, 5.74) is 1.09. The molecule has 0 unspecified atom stereocenters. The lowest BCUT2D eigenvalue weighted by molar-refractivity contribution is 0.596. The van der Waals surface area contributed by atoms with Crippen LogP contribution in [-0.4, -0.2) is 21.5 Å². The van der Waals surface area contributed by atoms with E-state index >= 15 is 0 Å². The van der Waals surface area contributed by atoms with E-state index in [4.69, 9.17) is 0 Å². The summed E-state index contributed by atoms with van der Waals surface area (Å²) in [6, 6.07) is 15.6. The second-order valence-corrected chi connectivity index (χ2v) is 6.25. The number of hydrogen-bond acceptors (Lipinski definition) is 3. The van der Waals surface area contributed by atoms with Gasteiger partial charge in [0.25, 0.3) is 0 Å². The summed E-state index contributed by atoms with van der Waals surface area (Å²) < 4.78 is 24.6. The van der Waals surface area contributed by atoms with Crippen LogP contribution in [0.15, 0.2) is 64.4 Å². The molecule has 0 atom stereocenters. The summed E-state index contributed by atoms with van der Waals surface area (Å²) in [5.74, 6) is 0. The highest BCUT2D eigenvalue weighted by molar-refractivity contribution is 7.91. The van der Waals surface area contributed by atoms with Gasteiger partial charge in [-0.2, -0.15) is 0 Å². The molecular weight excluding hydrogens is 246 g/mol. The number of rotatable bonds is 3. The Morgan fingerprint density at radius 2 is 1.33 bits per heavy atom. The van der Waals surface area contributed by atoms with Crippen molar-refractivity contribution in [1.82, 2.24) is 0 Å². The van der Waals surface area contributed by atoms with Gasteiger partial charge in [-0.1, -0.05) is 18.2 Å². The van der Waals surface area contributed by atoms with Crippen molar-refractivity contribution < 1.29 is 8.42 Å². The van der Waals surface area contributed by atoms with Crippen molar-refractivity contribution in [2.24, 2.45) is 0 Å². The standard InChI is InChI=1S/C14H13NO2S/c16-18(17,13-4-2-1-3-5-13)14-8-6-12(7-9-14)15-10-11-15/h1-9H,10-11H2. The quantitative estimate of drug-likeness (QED) is 0.794. The third kappa shape index (κ3) is 1.99. The molecule has 0 N–H and O–H groups in total. The molecule has 0 spiro atoms. The third-order valence-corrected chi connectivity index (χ3v) is 4.80. The van der Waals surface area contributed by atoms with E-state index in [0.717, 1.165) is 18.8 Å². The van der Waals surface area contributed by atoms with Crippen LogP contribution < -0.4 is 4.90 Å². The van der Waals surface area contributed by atoms with Crippen LogP contribution in [0.1, 0.15) is 0 Å².